The van der Waals surface area contributed by atoms with E-state index >= 15 is 0 Å². The van der Waals surface area contributed by atoms with Crippen molar-refractivity contribution in [3.8, 4) is 17.2 Å². The summed E-state index contributed by atoms with van der Waals surface area (Å²) in [5, 5.41) is 21.9. The predicted octanol–water partition coefficient (Wildman–Crippen LogP) is 2.43. The Morgan fingerprint density at radius 1 is 1.29 bits per heavy atom. The Labute approximate surface area is 194 Å². The molecule has 1 aromatic heterocycles. The van der Waals surface area contributed by atoms with Gasteiger partial charge in [0, 0.05) is 36.2 Å². The van der Waals surface area contributed by atoms with Crippen LogP contribution in [0.1, 0.15) is 47.7 Å². The average Bonchev–Trinajstić information content (AvgIpc) is 3.18. The number of alkyl halides is 1. The fourth-order valence-electron chi connectivity index (χ4n) is 3.85. The second kappa shape index (κ2) is 9.98. The molecule has 4 rings (SSSR count). The highest BCUT2D eigenvalue weighted by Crippen LogP contribution is 2.36. The Balaban J connectivity index is 1.26. The normalized spacial score (nSPS) is 23.1. The van der Waals surface area contributed by atoms with E-state index in [1.54, 1.807) is 6.07 Å². The van der Waals surface area contributed by atoms with Crippen LogP contribution in [0.15, 0.2) is 18.2 Å². The Kier molecular flexibility index (Phi) is 6.85. The van der Waals surface area contributed by atoms with Gasteiger partial charge in [-0.15, -0.1) is 0 Å². The van der Waals surface area contributed by atoms with Gasteiger partial charge >= 0.3 is 6.09 Å². The fraction of sp³-hybridized carbons (Fsp3) is 0.455. The van der Waals surface area contributed by atoms with E-state index < -0.39 is 30.8 Å². The number of nitrogens with one attached hydrogen (secondary N) is 3. The number of aromatic hydroxyl groups is 1. The molecule has 2 saturated carbocycles. The molecular formula is C22H25FN4O7. The standard InChI is InChI=1S/C22H25FN4O7/c1-32-13-5-18(29)14(9-28)19(6-13)33-10-21(30)25-20-8-16(26-27-20)11-2-3-12(4-11)34-22(31)24-17-7-15(17)23/h5-6,8-9,11-12,15,17,29H,2-4,7,10H2,1H3,(H,24,31)(H2,25,26,27,30)/t11-,12+,15+,17-/m0/s1. The number of carbonyl (C=O) groups excluding carboxylic acids is 3. The van der Waals surface area contributed by atoms with Crippen molar-refractivity contribution in [2.24, 2.45) is 0 Å². The first-order chi connectivity index (χ1) is 16.4. The molecule has 1 heterocycles. The van der Waals surface area contributed by atoms with Crippen molar-refractivity contribution in [3.63, 3.8) is 0 Å². The third kappa shape index (κ3) is 5.56. The number of aromatic nitrogens is 2. The summed E-state index contributed by atoms with van der Waals surface area (Å²) >= 11 is 0. The van der Waals surface area contributed by atoms with Gasteiger partial charge in [0.05, 0.1) is 18.7 Å². The van der Waals surface area contributed by atoms with Crippen LogP contribution in [0.25, 0.3) is 0 Å². The zero-order valence-corrected chi connectivity index (χ0v) is 18.4. The number of phenolic OH excluding ortho intramolecular Hbond substituents is 1. The molecule has 182 valence electrons. The summed E-state index contributed by atoms with van der Waals surface area (Å²) in [5.74, 6) is -0.208. The number of ether oxygens (including phenoxy) is 3. The highest BCUT2D eigenvalue weighted by atomic mass is 19.1. The lowest BCUT2D eigenvalue weighted by Gasteiger charge is -2.12. The summed E-state index contributed by atoms with van der Waals surface area (Å²) < 4.78 is 28.7. The number of hydrogen-bond donors (Lipinski definition) is 4. The van der Waals surface area contributed by atoms with Gasteiger partial charge in [-0.3, -0.25) is 14.7 Å². The van der Waals surface area contributed by atoms with Crippen LogP contribution >= 0.6 is 0 Å². The number of aromatic amines is 1. The van der Waals surface area contributed by atoms with E-state index in [-0.39, 0.29) is 40.7 Å². The molecule has 0 saturated heterocycles. The zero-order chi connectivity index (χ0) is 24.2. The lowest BCUT2D eigenvalue weighted by Crippen LogP contribution is -2.30. The summed E-state index contributed by atoms with van der Waals surface area (Å²) in [6, 6.07) is 3.91. The highest BCUT2D eigenvalue weighted by Gasteiger charge is 2.40. The molecule has 12 heteroatoms. The van der Waals surface area contributed by atoms with E-state index in [0.29, 0.717) is 25.5 Å². The molecule has 2 fully saturated rings. The van der Waals surface area contributed by atoms with Crippen molar-refractivity contribution >= 4 is 24.1 Å². The minimum atomic E-state index is -0.984. The first-order valence-corrected chi connectivity index (χ1v) is 10.8. The first-order valence-electron chi connectivity index (χ1n) is 10.8. The van der Waals surface area contributed by atoms with E-state index in [0.717, 1.165) is 12.1 Å². The zero-order valence-electron chi connectivity index (χ0n) is 18.4. The van der Waals surface area contributed by atoms with Crippen molar-refractivity contribution in [1.82, 2.24) is 15.5 Å². The van der Waals surface area contributed by atoms with Gasteiger partial charge in [0.25, 0.3) is 5.91 Å². The Morgan fingerprint density at radius 2 is 2.09 bits per heavy atom. The number of H-pyrrole nitrogens is 1. The van der Waals surface area contributed by atoms with Crippen LogP contribution in [0.5, 0.6) is 17.2 Å². The van der Waals surface area contributed by atoms with E-state index in [2.05, 4.69) is 20.8 Å². The summed E-state index contributed by atoms with van der Waals surface area (Å²) in [5.41, 5.74) is 0.693. The Morgan fingerprint density at radius 3 is 2.79 bits per heavy atom. The number of hydrogen-bond acceptors (Lipinski definition) is 8. The third-order valence-corrected chi connectivity index (χ3v) is 5.79. The van der Waals surface area contributed by atoms with Gasteiger partial charge < -0.3 is 30.0 Å². The van der Waals surface area contributed by atoms with Crippen molar-refractivity contribution in [2.45, 2.75) is 49.9 Å². The highest BCUT2D eigenvalue weighted by molar-refractivity contribution is 5.91. The van der Waals surface area contributed by atoms with E-state index in [4.69, 9.17) is 14.2 Å². The molecule has 0 aliphatic heterocycles. The van der Waals surface area contributed by atoms with Crippen LogP contribution < -0.4 is 20.1 Å². The topological polar surface area (TPSA) is 152 Å². The molecule has 4 N–H and O–H groups in total. The Hall–Kier alpha value is -3.83. The number of amides is 2. The van der Waals surface area contributed by atoms with Crippen LogP contribution in [0, 0.1) is 0 Å². The van der Waals surface area contributed by atoms with Gasteiger partial charge in [0.2, 0.25) is 0 Å². The summed E-state index contributed by atoms with van der Waals surface area (Å²) in [4.78, 5) is 35.3. The van der Waals surface area contributed by atoms with E-state index in [1.807, 2.05) is 0 Å². The number of rotatable bonds is 9. The molecule has 2 amide bonds. The maximum atomic E-state index is 12.9. The average molecular weight is 476 g/mol. The molecule has 0 spiro atoms. The van der Waals surface area contributed by atoms with Crippen molar-refractivity contribution in [2.75, 3.05) is 19.0 Å². The number of methoxy groups -OCH3 is 1. The maximum Gasteiger partial charge on any atom is 0.407 e. The lowest BCUT2D eigenvalue weighted by atomic mass is 10.0. The summed E-state index contributed by atoms with van der Waals surface area (Å²) in [7, 11) is 1.39. The molecular weight excluding hydrogens is 451 g/mol. The number of carbonyl (C=O) groups is 3. The molecule has 2 aliphatic carbocycles. The molecule has 0 unspecified atom stereocenters. The number of aldehydes is 1. The third-order valence-electron chi connectivity index (χ3n) is 5.79. The maximum absolute atomic E-state index is 12.9. The van der Waals surface area contributed by atoms with Crippen molar-refractivity contribution in [3.05, 3.63) is 29.5 Å². The number of anilines is 1. The van der Waals surface area contributed by atoms with Gasteiger partial charge in [0.15, 0.2) is 18.7 Å². The fourth-order valence-corrected chi connectivity index (χ4v) is 3.85. The van der Waals surface area contributed by atoms with Crippen molar-refractivity contribution in [1.29, 1.82) is 0 Å². The van der Waals surface area contributed by atoms with Gasteiger partial charge in [-0.05, 0) is 19.3 Å². The number of phenols is 1. The SMILES string of the molecule is COc1cc(O)c(C=O)c(OCC(=O)Nc2cc([C@H]3CC[C@@H](OC(=O)N[C@H]4C[C@H]4F)C3)[nH]n2)c1. The minimum absolute atomic E-state index is 0.00877. The number of benzene rings is 1. The second-order valence-electron chi connectivity index (χ2n) is 8.26. The summed E-state index contributed by atoms with van der Waals surface area (Å²) in [6.07, 6.45) is 0.914. The van der Waals surface area contributed by atoms with E-state index in [9.17, 15) is 23.9 Å². The van der Waals surface area contributed by atoms with Gasteiger partial charge in [-0.25, -0.2) is 9.18 Å². The van der Waals surface area contributed by atoms with Crippen LogP contribution in [0.4, 0.5) is 15.0 Å². The van der Waals surface area contributed by atoms with Gasteiger partial charge in [-0.2, -0.15) is 5.10 Å². The largest absolute Gasteiger partial charge is 0.507 e. The molecule has 0 bridgehead atoms. The van der Waals surface area contributed by atoms with Gasteiger partial charge in [-0.1, -0.05) is 0 Å². The van der Waals surface area contributed by atoms with Crippen LogP contribution in [-0.4, -0.2) is 65.6 Å². The van der Waals surface area contributed by atoms with Crippen LogP contribution in [-0.2, 0) is 9.53 Å². The number of alkyl carbamates (subject to hydrolysis) is 1. The predicted molar refractivity (Wildman–Crippen MR) is 116 cm³/mol. The monoisotopic (exact) mass is 476 g/mol. The van der Waals surface area contributed by atoms with Crippen molar-refractivity contribution < 1.29 is 38.1 Å². The first kappa shape index (κ1) is 23.3. The van der Waals surface area contributed by atoms with E-state index in [1.165, 1.54) is 19.2 Å². The number of halogens is 1. The smallest absolute Gasteiger partial charge is 0.407 e. The summed E-state index contributed by atoms with van der Waals surface area (Å²) in [6.45, 7) is -0.426. The molecule has 34 heavy (non-hydrogen) atoms. The van der Waals surface area contributed by atoms with Crippen LogP contribution in [0.3, 0.4) is 0 Å². The lowest BCUT2D eigenvalue weighted by molar-refractivity contribution is -0.118. The number of nitrogens with zero attached hydrogens (tertiary/aromatic N) is 1. The molecule has 2 aromatic rings. The molecule has 2 aliphatic rings. The quantitative estimate of drug-likeness (QED) is 0.403. The van der Waals surface area contributed by atoms with Crippen LogP contribution in [0.2, 0.25) is 0 Å². The molecule has 1 aromatic carbocycles. The molecule has 0 radical (unpaired) electrons. The van der Waals surface area contributed by atoms with Gasteiger partial charge in [0.1, 0.15) is 29.5 Å². The minimum Gasteiger partial charge on any atom is -0.507 e. The molecule has 4 atom stereocenters. The Bertz CT molecular complexity index is 1080. The second-order valence-corrected chi connectivity index (χ2v) is 8.26. The molecule has 11 nitrogen and oxygen atoms in total.